The maximum absolute atomic E-state index is 13.7. The Labute approximate surface area is 114 Å². The molecule has 1 saturated heterocycles. The first-order valence-corrected chi connectivity index (χ1v) is 6.97. The fraction of sp³-hybridized carbons (Fsp3) is 0.600. The molecule has 1 fully saturated rings. The van der Waals surface area contributed by atoms with Crippen LogP contribution in [-0.4, -0.2) is 33.4 Å². The van der Waals surface area contributed by atoms with Gasteiger partial charge < -0.3 is 15.0 Å². The van der Waals surface area contributed by atoms with Crippen molar-refractivity contribution in [3.05, 3.63) is 29.6 Å². The first-order chi connectivity index (χ1) is 9.22. The number of methoxy groups -OCH3 is 1. The van der Waals surface area contributed by atoms with Crippen LogP contribution < -0.4 is 10.2 Å². The fourth-order valence-corrected chi connectivity index (χ4v) is 2.63. The highest BCUT2D eigenvalue weighted by Gasteiger charge is 2.23. The lowest BCUT2D eigenvalue weighted by atomic mass is 10.1. The van der Waals surface area contributed by atoms with Gasteiger partial charge in [0.05, 0.1) is 6.61 Å². The van der Waals surface area contributed by atoms with Crippen molar-refractivity contribution in [1.82, 2.24) is 5.32 Å². The Kier molecular flexibility index (Phi) is 5.16. The van der Waals surface area contributed by atoms with Crippen LogP contribution in [0.3, 0.4) is 0 Å². The number of anilines is 1. The fourth-order valence-electron chi connectivity index (χ4n) is 2.63. The van der Waals surface area contributed by atoms with E-state index in [0.717, 1.165) is 50.5 Å². The summed E-state index contributed by atoms with van der Waals surface area (Å²) in [6, 6.07) is 5.32. The van der Waals surface area contributed by atoms with E-state index in [1.54, 1.807) is 19.2 Å². The summed E-state index contributed by atoms with van der Waals surface area (Å²) in [6.45, 7) is 6.39. The maximum Gasteiger partial charge on any atom is 0.125 e. The number of hydrogen-bond acceptors (Lipinski definition) is 3. The van der Waals surface area contributed by atoms with Crippen molar-refractivity contribution in [2.45, 2.75) is 19.9 Å². The van der Waals surface area contributed by atoms with Gasteiger partial charge in [-0.05, 0) is 36.7 Å². The molecule has 1 aliphatic heterocycles. The highest BCUT2D eigenvalue weighted by molar-refractivity contribution is 5.50. The topological polar surface area (TPSA) is 24.5 Å². The van der Waals surface area contributed by atoms with E-state index in [2.05, 4.69) is 23.2 Å². The smallest absolute Gasteiger partial charge is 0.125 e. The predicted molar refractivity (Wildman–Crippen MR) is 76.0 cm³/mol. The second kappa shape index (κ2) is 6.87. The van der Waals surface area contributed by atoms with Crippen LogP contribution >= 0.6 is 0 Å². The Morgan fingerprint density at radius 3 is 3.00 bits per heavy atom. The summed E-state index contributed by atoms with van der Waals surface area (Å²) in [4.78, 5) is 2.25. The van der Waals surface area contributed by atoms with Crippen LogP contribution in [0.1, 0.15) is 18.9 Å². The molecule has 106 valence electrons. The van der Waals surface area contributed by atoms with E-state index in [1.807, 2.05) is 0 Å². The van der Waals surface area contributed by atoms with Crippen LogP contribution in [0.15, 0.2) is 18.2 Å². The van der Waals surface area contributed by atoms with E-state index >= 15 is 0 Å². The molecule has 1 N–H and O–H groups in total. The molecule has 0 radical (unpaired) electrons. The average Bonchev–Trinajstić information content (AvgIpc) is 2.85. The van der Waals surface area contributed by atoms with Crippen molar-refractivity contribution in [3.63, 3.8) is 0 Å². The minimum Gasteiger partial charge on any atom is -0.384 e. The Bertz CT molecular complexity index is 411. The van der Waals surface area contributed by atoms with Gasteiger partial charge in [0.1, 0.15) is 5.82 Å². The molecule has 0 amide bonds. The zero-order valence-electron chi connectivity index (χ0n) is 11.8. The zero-order valence-corrected chi connectivity index (χ0v) is 11.8. The number of benzene rings is 1. The summed E-state index contributed by atoms with van der Waals surface area (Å²) in [5.74, 6) is 0.408. The number of halogens is 1. The molecule has 1 atom stereocenters. The molecule has 0 aliphatic carbocycles. The van der Waals surface area contributed by atoms with Crippen molar-refractivity contribution < 1.29 is 9.13 Å². The lowest BCUT2D eigenvalue weighted by Crippen LogP contribution is -2.21. The van der Waals surface area contributed by atoms with Crippen LogP contribution in [0.4, 0.5) is 10.1 Å². The van der Waals surface area contributed by atoms with Gasteiger partial charge in [-0.25, -0.2) is 4.39 Å². The van der Waals surface area contributed by atoms with E-state index in [1.165, 1.54) is 0 Å². The summed E-state index contributed by atoms with van der Waals surface area (Å²) in [5, 5.41) is 3.23. The molecule has 1 unspecified atom stereocenters. The molecule has 1 aliphatic rings. The molecule has 3 nitrogen and oxygen atoms in total. The molecular formula is C15H23FN2O. The number of nitrogens with zero attached hydrogens (tertiary/aromatic N) is 1. The SMILES string of the molecule is CCNCc1cc(F)cc(N2CCC(COC)C2)c1. The van der Waals surface area contributed by atoms with Crippen molar-refractivity contribution >= 4 is 5.69 Å². The minimum absolute atomic E-state index is 0.152. The maximum atomic E-state index is 13.7. The number of rotatable bonds is 6. The molecule has 4 heteroatoms. The normalized spacial score (nSPS) is 19.1. The molecule has 1 heterocycles. The van der Waals surface area contributed by atoms with Crippen LogP contribution in [0.5, 0.6) is 0 Å². The third-order valence-electron chi connectivity index (χ3n) is 3.57. The second-order valence-electron chi connectivity index (χ2n) is 5.15. The van der Waals surface area contributed by atoms with E-state index in [9.17, 15) is 4.39 Å². The molecular weight excluding hydrogens is 243 g/mol. The summed E-state index contributed by atoms with van der Waals surface area (Å²) in [5.41, 5.74) is 2.00. The lowest BCUT2D eigenvalue weighted by Gasteiger charge is -2.20. The predicted octanol–water partition coefficient (Wildman–Crippen LogP) is 2.41. The molecule has 2 rings (SSSR count). The van der Waals surface area contributed by atoms with Crippen molar-refractivity contribution in [1.29, 1.82) is 0 Å². The second-order valence-corrected chi connectivity index (χ2v) is 5.15. The van der Waals surface area contributed by atoms with E-state index < -0.39 is 0 Å². The van der Waals surface area contributed by atoms with Gasteiger partial charge in [-0.3, -0.25) is 0 Å². The van der Waals surface area contributed by atoms with Gasteiger partial charge in [0.25, 0.3) is 0 Å². The van der Waals surface area contributed by atoms with Crippen molar-refractivity contribution in [2.24, 2.45) is 5.92 Å². The quantitative estimate of drug-likeness (QED) is 0.855. The molecule has 0 aromatic heterocycles. The largest absolute Gasteiger partial charge is 0.384 e. The Balaban J connectivity index is 2.05. The summed E-state index contributed by atoms with van der Waals surface area (Å²) >= 11 is 0. The molecule has 0 spiro atoms. The Hall–Kier alpha value is -1.13. The summed E-state index contributed by atoms with van der Waals surface area (Å²) < 4.78 is 18.9. The van der Waals surface area contributed by atoms with Gasteiger partial charge in [-0.15, -0.1) is 0 Å². The third kappa shape index (κ3) is 3.91. The standard InChI is InChI=1S/C15H23FN2O/c1-3-17-9-13-6-14(16)8-15(7-13)18-5-4-12(10-18)11-19-2/h6-8,12,17H,3-5,9-11H2,1-2H3. The highest BCUT2D eigenvalue weighted by Crippen LogP contribution is 2.25. The first kappa shape index (κ1) is 14.3. The van der Waals surface area contributed by atoms with Crippen molar-refractivity contribution in [2.75, 3.05) is 38.3 Å². The number of hydrogen-bond donors (Lipinski definition) is 1. The van der Waals surface area contributed by atoms with Gasteiger partial charge in [0.2, 0.25) is 0 Å². The molecule has 19 heavy (non-hydrogen) atoms. The lowest BCUT2D eigenvalue weighted by molar-refractivity contribution is 0.161. The van der Waals surface area contributed by atoms with E-state index in [0.29, 0.717) is 5.92 Å². The minimum atomic E-state index is -0.152. The molecule has 1 aromatic rings. The first-order valence-electron chi connectivity index (χ1n) is 6.97. The third-order valence-corrected chi connectivity index (χ3v) is 3.57. The monoisotopic (exact) mass is 266 g/mol. The van der Waals surface area contributed by atoms with E-state index in [4.69, 9.17) is 4.74 Å². The van der Waals surface area contributed by atoms with Crippen LogP contribution in [0.25, 0.3) is 0 Å². The number of nitrogens with one attached hydrogen (secondary N) is 1. The Morgan fingerprint density at radius 2 is 2.26 bits per heavy atom. The summed E-state index contributed by atoms with van der Waals surface area (Å²) in [6.07, 6.45) is 1.12. The van der Waals surface area contributed by atoms with Crippen LogP contribution in [0, 0.1) is 11.7 Å². The average molecular weight is 266 g/mol. The molecule has 1 aromatic carbocycles. The molecule has 0 saturated carbocycles. The zero-order chi connectivity index (χ0) is 13.7. The summed E-state index contributed by atoms with van der Waals surface area (Å²) in [7, 11) is 1.74. The van der Waals surface area contributed by atoms with Crippen LogP contribution in [0.2, 0.25) is 0 Å². The van der Waals surface area contributed by atoms with Gasteiger partial charge in [-0.2, -0.15) is 0 Å². The van der Waals surface area contributed by atoms with Gasteiger partial charge >= 0.3 is 0 Å². The Morgan fingerprint density at radius 1 is 1.42 bits per heavy atom. The van der Waals surface area contributed by atoms with Crippen LogP contribution in [-0.2, 0) is 11.3 Å². The van der Waals surface area contributed by atoms with Gasteiger partial charge in [0, 0.05) is 38.3 Å². The van der Waals surface area contributed by atoms with Crippen molar-refractivity contribution in [3.8, 4) is 0 Å². The van der Waals surface area contributed by atoms with Gasteiger partial charge in [0.15, 0.2) is 0 Å². The molecule has 0 bridgehead atoms. The highest BCUT2D eigenvalue weighted by atomic mass is 19.1. The van der Waals surface area contributed by atoms with E-state index in [-0.39, 0.29) is 5.82 Å². The number of ether oxygens (including phenoxy) is 1. The van der Waals surface area contributed by atoms with Gasteiger partial charge in [-0.1, -0.05) is 6.92 Å².